The number of carbonyl (C=O) groups excluding carboxylic acids is 1. The van der Waals surface area contributed by atoms with Crippen molar-refractivity contribution in [2.75, 3.05) is 0 Å². The standard InChI is InChI=1S/C16H20O2/c1-15(2)12-8-14(15)16(3,9-13(12)18)10-4-6-11(17)7-5-10/h4-7,12,14,17H,8-9H2,1-3H3. The van der Waals surface area contributed by atoms with E-state index in [1.54, 1.807) is 12.1 Å². The fraction of sp³-hybridized carbons (Fsp3) is 0.562. The fourth-order valence-electron chi connectivity index (χ4n) is 4.31. The van der Waals surface area contributed by atoms with Gasteiger partial charge in [0, 0.05) is 17.8 Å². The zero-order chi connectivity index (χ0) is 13.1. The molecule has 3 atom stereocenters. The molecule has 1 aromatic carbocycles. The summed E-state index contributed by atoms with van der Waals surface area (Å²) in [4.78, 5) is 12.3. The third-order valence-electron chi connectivity index (χ3n) is 5.49. The quantitative estimate of drug-likeness (QED) is 0.823. The van der Waals surface area contributed by atoms with Gasteiger partial charge in [0.2, 0.25) is 0 Å². The lowest BCUT2D eigenvalue weighted by atomic mass is 9.39. The van der Waals surface area contributed by atoms with Crippen molar-refractivity contribution < 1.29 is 9.90 Å². The average Bonchev–Trinajstić information content (AvgIpc) is 2.27. The smallest absolute Gasteiger partial charge is 0.137 e. The van der Waals surface area contributed by atoms with Gasteiger partial charge in [-0.1, -0.05) is 32.9 Å². The molecule has 0 heterocycles. The highest BCUT2D eigenvalue weighted by molar-refractivity contribution is 5.86. The van der Waals surface area contributed by atoms with Crippen LogP contribution in [0.2, 0.25) is 0 Å². The first-order chi connectivity index (χ1) is 8.35. The van der Waals surface area contributed by atoms with E-state index in [1.165, 1.54) is 5.56 Å². The molecule has 2 heteroatoms. The number of carbonyl (C=O) groups is 1. The van der Waals surface area contributed by atoms with Crippen molar-refractivity contribution in [1.82, 2.24) is 0 Å². The van der Waals surface area contributed by atoms with Gasteiger partial charge in [-0.05, 0) is 35.4 Å². The normalized spacial score (nSPS) is 37.2. The molecular weight excluding hydrogens is 224 g/mol. The van der Waals surface area contributed by atoms with Crippen LogP contribution in [0, 0.1) is 17.3 Å². The number of fused-ring (bicyclic) bond motifs is 2. The molecule has 3 fully saturated rings. The molecular formula is C16H20O2. The lowest BCUT2D eigenvalue weighted by Gasteiger charge is -2.63. The van der Waals surface area contributed by atoms with Gasteiger partial charge < -0.3 is 5.11 Å². The number of phenols is 1. The number of Topliss-reactive ketones (excluding diaryl/α,β-unsaturated/α-hetero) is 1. The van der Waals surface area contributed by atoms with Crippen LogP contribution in [0.1, 0.15) is 39.2 Å². The summed E-state index contributed by atoms with van der Waals surface area (Å²) < 4.78 is 0. The first-order valence-electron chi connectivity index (χ1n) is 6.68. The second kappa shape index (κ2) is 3.37. The fourth-order valence-corrected chi connectivity index (χ4v) is 4.31. The summed E-state index contributed by atoms with van der Waals surface area (Å²) in [6, 6.07) is 7.39. The number of hydrogen-bond acceptors (Lipinski definition) is 2. The van der Waals surface area contributed by atoms with Crippen molar-refractivity contribution >= 4 is 5.78 Å². The molecule has 0 amide bonds. The molecule has 1 N–H and O–H groups in total. The molecule has 2 nitrogen and oxygen atoms in total. The average molecular weight is 244 g/mol. The van der Waals surface area contributed by atoms with Crippen molar-refractivity contribution in [3.8, 4) is 5.75 Å². The second-order valence-corrected chi connectivity index (χ2v) is 6.77. The van der Waals surface area contributed by atoms with E-state index in [1.807, 2.05) is 12.1 Å². The molecule has 0 aliphatic heterocycles. The van der Waals surface area contributed by atoms with E-state index in [0.717, 1.165) is 6.42 Å². The number of aromatic hydroxyl groups is 1. The molecule has 2 bridgehead atoms. The maximum atomic E-state index is 12.3. The Labute approximate surface area is 108 Å². The Hall–Kier alpha value is -1.31. The molecule has 4 rings (SSSR count). The van der Waals surface area contributed by atoms with Crippen molar-refractivity contribution in [3.05, 3.63) is 29.8 Å². The van der Waals surface area contributed by atoms with Crippen LogP contribution in [0.4, 0.5) is 0 Å². The minimum Gasteiger partial charge on any atom is -0.508 e. The van der Waals surface area contributed by atoms with Crippen LogP contribution < -0.4 is 0 Å². The Kier molecular flexibility index (Phi) is 2.20. The van der Waals surface area contributed by atoms with E-state index in [0.29, 0.717) is 18.1 Å². The van der Waals surface area contributed by atoms with E-state index >= 15 is 0 Å². The summed E-state index contributed by atoms with van der Waals surface area (Å²) in [5.41, 5.74) is 1.25. The van der Waals surface area contributed by atoms with Crippen LogP contribution in [0.3, 0.4) is 0 Å². The molecule has 3 aliphatic rings. The van der Waals surface area contributed by atoms with Crippen LogP contribution >= 0.6 is 0 Å². The lowest BCUT2D eigenvalue weighted by Crippen LogP contribution is -2.62. The first-order valence-corrected chi connectivity index (χ1v) is 6.68. The third-order valence-corrected chi connectivity index (χ3v) is 5.49. The highest BCUT2D eigenvalue weighted by Gasteiger charge is 2.63. The predicted molar refractivity (Wildman–Crippen MR) is 70.5 cm³/mol. The van der Waals surface area contributed by atoms with Crippen LogP contribution in [0.25, 0.3) is 0 Å². The minimum absolute atomic E-state index is 0.0664. The van der Waals surface area contributed by atoms with Gasteiger partial charge >= 0.3 is 0 Å². The Morgan fingerprint density at radius 1 is 1.17 bits per heavy atom. The summed E-state index contributed by atoms with van der Waals surface area (Å²) in [6.07, 6.45) is 1.68. The minimum atomic E-state index is -0.0664. The summed E-state index contributed by atoms with van der Waals surface area (Å²) in [5, 5.41) is 9.40. The van der Waals surface area contributed by atoms with Gasteiger partial charge in [-0.25, -0.2) is 0 Å². The van der Waals surface area contributed by atoms with Gasteiger partial charge in [0.15, 0.2) is 0 Å². The number of rotatable bonds is 1. The van der Waals surface area contributed by atoms with Gasteiger partial charge in [-0.2, -0.15) is 0 Å². The highest BCUT2D eigenvalue weighted by Crippen LogP contribution is 2.64. The Bertz CT molecular complexity index is 500. The number of ketones is 1. The Morgan fingerprint density at radius 3 is 2.28 bits per heavy atom. The molecule has 96 valence electrons. The molecule has 0 aromatic heterocycles. The predicted octanol–water partition coefficient (Wildman–Crippen LogP) is 3.29. The van der Waals surface area contributed by atoms with Crippen LogP contribution in [-0.4, -0.2) is 10.9 Å². The van der Waals surface area contributed by atoms with Crippen molar-refractivity contribution in [3.63, 3.8) is 0 Å². The van der Waals surface area contributed by atoms with Crippen LogP contribution in [-0.2, 0) is 10.2 Å². The topological polar surface area (TPSA) is 37.3 Å². The Balaban J connectivity index is 2.04. The second-order valence-electron chi connectivity index (χ2n) is 6.77. The largest absolute Gasteiger partial charge is 0.508 e. The van der Waals surface area contributed by atoms with Crippen molar-refractivity contribution in [1.29, 1.82) is 0 Å². The van der Waals surface area contributed by atoms with E-state index in [9.17, 15) is 9.90 Å². The summed E-state index contributed by atoms with van der Waals surface area (Å²) >= 11 is 0. The molecule has 3 aliphatic carbocycles. The summed E-state index contributed by atoms with van der Waals surface area (Å²) in [6.45, 7) is 6.65. The molecule has 3 unspecified atom stereocenters. The first kappa shape index (κ1) is 11.8. The number of hydrogen-bond donors (Lipinski definition) is 1. The van der Waals surface area contributed by atoms with E-state index in [-0.39, 0.29) is 22.5 Å². The molecule has 18 heavy (non-hydrogen) atoms. The van der Waals surface area contributed by atoms with Gasteiger partial charge in [0.05, 0.1) is 0 Å². The summed E-state index contributed by atoms with van der Waals surface area (Å²) in [5.74, 6) is 1.54. The van der Waals surface area contributed by atoms with Crippen LogP contribution in [0.5, 0.6) is 5.75 Å². The van der Waals surface area contributed by atoms with Crippen molar-refractivity contribution in [2.24, 2.45) is 17.3 Å². The van der Waals surface area contributed by atoms with Gasteiger partial charge in [-0.3, -0.25) is 4.79 Å². The molecule has 0 saturated heterocycles. The monoisotopic (exact) mass is 244 g/mol. The maximum Gasteiger partial charge on any atom is 0.137 e. The zero-order valence-corrected chi connectivity index (χ0v) is 11.2. The van der Waals surface area contributed by atoms with E-state index in [4.69, 9.17) is 0 Å². The zero-order valence-electron chi connectivity index (χ0n) is 11.2. The number of benzene rings is 1. The molecule has 0 spiro atoms. The van der Waals surface area contributed by atoms with Gasteiger partial charge in [0.25, 0.3) is 0 Å². The van der Waals surface area contributed by atoms with Crippen LogP contribution in [0.15, 0.2) is 24.3 Å². The van der Waals surface area contributed by atoms with Gasteiger partial charge in [-0.15, -0.1) is 0 Å². The van der Waals surface area contributed by atoms with Crippen molar-refractivity contribution in [2.45, 2.75) is 39.0 Å². The maximum absolute atomic E-state index is 12.3. The summed E-state index contributed by atoms with van der Waals surface area (Å²) in [7, 11) is 0. The lowest BCUT2D eigenvalue weighted by molar-refractivity contribution is -0.161. The SMILES string of the molecule is CC1(c2ccc(O)cc2)CC(=O)C2CC1C2(C)C. The molecule has 1 aromatic rings. The van der Waals surface area contributed by atoms with E-state index in [2.05, 4.69) is 20.8 Å². The third kappa shape index (κ3) is 1.32. The number of phenolic OH excluding ortho intramolecular Hbond substituents is 1. The Morgan fingerprint density at radius 2 is 1.78 bits per heavy atom. The molecule has 0 radical (unpaired) electrons. The van der Waals surface area contributed by atoms with E-state index < -0.39 is 0 Å². The van der Waals surface area contributed by atoms with Gasteiger partial charge in [0.1, 0.15) is 11.5 Å². The molecule has 3 saturated carbocycles. The highest BCUT2D eigenvalue weighted by atomic mass is 16.3.